The lowest BCUT2D eigenvalue weighted by molar-refractivity contribution is 0.654. The van der Waals surface area contributed by atoms with Crippen LogP contribution in [0.4, 0.5) is 17.1 Å². The molecule has 0 bridgehead atoms. The number of fused-ring (bicyclic) bond motifs is 8. The molecule has 0 unspecified atom stereocenters. The molecule has 0 N–H and O–H groups in total. The molecule has 0 spiro atoms. The summed E-state index contributed by atoms with van der Waals surface area (Å²) in [5, 5.41) is 7.10. The number of furan rings is 1. The van der Waals surface area contributed by atoms with Gasteiger partial charge < -0.3 is 13.9 Å². The summed E-state index contributed by atoms with van der Waals surface area (Å²) in [4.78, 5) is 7.02. The smallest absolute Gasteiger partial charge is 0.227 e. The van der Waals surface area contributed by atoms with Crippen LogP contribution in [0.2, 0.25) is 0 Å². The predicted molar refractivity (Wildman–Crippen MR) is 178 cm³/mol. The molecular weight excluding hydrogens is 526 g/mol. The first-order valence-corrected chi connectivity index (χ1v) is 14.5. The summed E-state index contributed by atoms with van der Waals surface area (Å²) in [6.45, 7) is 0. The number of hydrogen-bond donors (Lipinski definition) is 0. The topological polar surface area (TPSA) is 34.2 Å². The van der Waals surface area contributed by atoms with Gasteiger partial charge in [-0.15, -0.1) is 0 Å². The Labute approximate surface area is 247 Å². The van der Waals surface area contributed by atoms with Crippen molar-refractivity contribution in [3.63, 3.8) is 0 Å². The average Bonchev–Trinajstić information content (AvgIpc) is 3.61. The molecule has 0 saturated carbocycles. The maximum absolute atomic E-state index is 6.05. The second-order valence-electron chi connectivity index (χ2n) is 10.9. The third kappa shape index (κ3) is 3.67. The monoisotopic (exact) mass is 551 g/mol. The van der Waals surface area contributed by atoms with Crippen molar-refractivity contribution >= 4 is 71.7 Å². The minimum absolute atomic E-state index is 0.643. The van der Waals surface area contributed by atoms with E-state index in [1.807, 2.05) is 30.5 Å². The van der Waals surface area contributed by atoms with Crippen LogP contribution in [0.5, 0.6) is 0 Å². The van der Waals surface area contributed by atoms with Crippen molar-refractivity contribution in [3.8, 4) is 5.69 Å². The standard InChI is InChI=1S/C39H25N3O/c1-2-12-27(13-3-1)41(30-24-34-32-17-7-9-20-37(32)43-39(34)40-25-30)28-14-10-15-29(23-28)42-35-19-8-6-18-33(35)38-31-16-5-4-11-26(31)21-22-36(38)42/h1-25H. The second kappa shape index (κ2) is 9.33. The van der Waals surface area contributed by atoms with Crippen molar-refractivity contribution in [1.82, 2.24) is 9.55 Å². The normalized spacial score (nSPS) is 11.7. The van der Waals surface area contributed by atoms with Gasteiger partial charge in [-0.05, 0) is 65.4 Å². The van der Waals surface area contributed by atoms with E-state index in [2.05, 4.69) is 131 Å². The molecule has 0 saturated heterocycles. The Balaban J connectivity index is 1.28. The van der Waals surface area contributed by atoms with E-state index >= 15 is 0 Å². The number of hydrogen-bond acceptors (Lipinski definition) is 3. The summed E-state index contributed by atoms with van der Waals surface area (Å²) >= 11 is 0. The summed E-state index contributed by atoms with van der Waals surface area (Å²) < 4.78 is 8.43. The third-order valence-corrected chi connectivity index (χ3v) is 8.40. The van der Waals surface area contributed by atoms with Gasteiger partial charge in [0.15, 0.2) is 0 Å². The zero-order chi connectivity index (χ0) is 28.3. The first kappa shape index (κ1) is 23.8. The lowest BCUT2D eigenvalue weighted by atomic mass is 10.0. The van der Waals surface area contributed by atoms with E-state index in [4.69, 9.17) is 9.40 Å². The zero-order valence-electron chi connectivity index (χ0n) is 23.2. The molecule has 4 nitrogen and oxygen atoms in total. The molecule has 0 atom stereocenters. The van der Waals surface area contributed by atoms with Gasteiger partial charge in [0.1, 0.15) is 5.58 Å². The zero-order valence-corrected chi connectivity index (χ0v) is 23.2. The number of rotatable bonds is 4. The number of para-hydroxylation sites is 3. The van der Waals surface area contributed by atoms with Crippen LogP contribution in [0.3, 0.4) is 0 Å². The van der Waals surface area contributed by atoms with Crippen LogP contribution in [0.1, 0.15) is 0 Å². The van der Waals surface area contributed by atoms with Gasteiger partial charge in [0.2, 0.25) is 5.71 Å². The SMILES string of the molecule is c1ccc(N(c2cccc(-n3c4ccccc4c4c5ccccc5ccc43)c2)c2cnc3oc4ccccc4c3c2)cc1. The number of anilines is 3. The summed E-state index contributed by atoms with van der Waals surface area (Å²) in [5.74, 6) is 0. The van der Waals surface area contributed by atoms with E-state index < -0.39 is 0 Å². The molecule has 0 aliphatic heterocycles. The molecule has 0 aliphatic carbocycles. The van der Waals surface area contributed by atoms with Gasteiger partial charge in [-0.25, -0.2) is 4.98 Å². The average molecular weight is 552 g/mol. The van der Waals surface area contributed by atoms with Crippen molar-refractivity contribution in [2.45, 2.75) is 0 Å². The third-order valence-electron chi connectivity index (χ3n) is 8.40. The lowest BCUT2D eigenvalue weighted by Gasteiger charge is -2.25. The number of benzene rings is 6. The van der Waals surface area contributed by atoms with Gasteiger partial charge >= 0.3 is 0 Å². The van der Waals surface area contributed by atoms with Gasteiger partial charge in [-0.3, -0.25) is 0 Å². The fraction of sp³-hybridized carbons (Fsp3) is 0. The summed E-state index contributed by atoms with van der Waals surface area (Å²) in [7, 11) is 0. The summed E-state index contributed by atoms with van der Waals surface area (Å²) in [6.07, 6.45) is 1.90. The van der Waals surface area contributed by atoms with Gasteiger partial charge in [0.25, 0.3) is 0 Å². The highest BCUT2D eigenvalue weighted by atomic mass is 16.3. The molecule has 4 heteroatoms. The molecule has 3 heterocycles. The van der Waals surface area contributed by atoms with Gasteiger partial charge in [0.05, 0.1) is 28.3 Å². The molecule has 0 aliphatic rings. The van der Waals surface area contributed by atoms with Crippen molar-refractivity contribution in [2.24, 2.45) is 0 Å². The van der Waals surface area contributed by atoms with Crippen molar-refractivity contribution in [3.05, 3.63) is 152 Å². The van der Waals surface area contributed by atoms with Crippen LogP contribution in [0, 0.1) is 0 Å². The Hall–Kier alpha value is -5.87. The van der Waals surface area contributed by atoms with Gasteiger partial charge in [-0.1, -0.05) is 91.0 Å². The van der Waals surface area contributed by atoms with E-state index in [9.17, 15) is 0 Å². The fourth-order valence-electron chi connectivity index (χ4n) is 6.53. The fourth-order valence-corrected chi connectivity index (χ4v) is 6.53. The Kier molecular flexibility index (Phi) is 5.16. The maximum atomic E-state index is 6.05. The molecule has 43 heavy (non-hydrogen) atoms. The highest BCUT2D eigenvalue weighted by molar-refractivity contribution is 6.21. The molecule has 9 aromatic rings. The largest absolute Gasteiger partial charge is 0.438 e. The minimum atomic E-state index is 0.643. The van der Waals surface area contributed by atoms with Crippen molar-refractivity contribution in [2.75, 3.05) is 4.90 Å². The molecule has 202 valence electrons. The first-order chi connectivity index (χ1) is 21.3. The summed E-state index contributed by atoms with van der Waals surface area (Å²) in [5.41, 5.74) is 8.03. The second-order valence-corrected chi connectivity index (χ2v) is 10.9. The van der Waals surface area contributed by atoms with E-state index in [1.54, 1.807) is 0 Å². The van der Waals surface area contributed by atoms with Gasteiger partial charge in [-0.2, -0.15) is 0 Å². The highest BCUT2D eigenvalue weighted by Gasteiger charge is 2.19. The van der Waals surface area contributed by atoms with Crippen molar-refractivity contribution < 1.29 is 4.42 Å². The van der Waals surface area contributed by atoms with Crippen LogP contribution < -0.4 is 4.90 Å². The number of pyridine rings is 1. The number of nitrogens with zero attached hydrogens (tertiary/aromatic N) is 3. The van der Waals surface area contributed by atoms with Crippen LogP contribution >= 0.6 is 0 Å². The molecule has 6 aromatic carbocycles. The molecule has 0 amide bonds. The highest BCUT2D eigenvalue weighted by Crippen LogP contribution is 2.40. The Bertz CT molecular complexity index is 2470. The molecule has 9 rings (SSSR count). The van der Waals surface area contributed by atoms with Crippen LogP contribution in [0.25, 0.3) is 60.3 Å². The molecule has 0 radical (unpaired) electrons. The van der Waals surface area contributed by atoms with E-state index in [0.29, 0.717) is 5.71 Å². The van der Waals surface area contributed by atoms with Crippen molar-refractivity contribution in [1.29, 1.82) is 0 Å². The minimum Gasteiger partial charge on any atom is -0.438 e. The van der Waals surface area contributed by atoms with Crippen LogP contribution in [0.15, 0.2) is 156 Å². The van der Waals surface area contributed by atoms with Gasteiger partial charge in [0, 0.05) is 33.2 Å². The maximum Gasteiger partial charge on any atom is 0.227 e. The van der Waals surface area contributed by atoms with Crippen LogP contribution in [-0.2, 0) is 0 Å². The number of aromatic nitrogens is 2. The predicted octanol–water partition coefficient (Wildman–Crippen LogP) is 10.7. The molecule has 3 aromatic heterocycles. The van der Waals surface area contributed by atoms with E-state index in [-0.39, 0.29) is 0 Å². The quantitative estimate of drug-likeness (QED) is 0.218. The molecule has 0 fully saturated rings. The first-order valence-electron chi connectivity index (χ1n) is 14.5. The Morgan fingerprint density at radius 1 is 0.512 bits per heavy atom. The lowest BCUT2D eigenvalue weighted by Crippen LogP contribution is -2.10. The van der Waals surface area contributed by atoms with E-state index in [1.165, 1.54) is 32.6 Å². The molecular formula is C39H25N3O. The Morgan fingerprint density at radius 2 is 1.26 bits per heavy atom. The Morgan fingerprint density at radius 3 is 2.16 bits per heavy atom. The van der Waals surface area contributed by atoms with Crippen LogP contribution in [-0.4, -0.2) is 9.55 Å². The summed E-state index contributed by atoms with van der Waals surface area (Å²) in [6, 6.07) is 51.3. The van der Waals surface area contributed by atoms with E-state index in [0.717, 1.165) is 39.1 Å².